The van der Waals surface area contributed by atoms with Crippen molar-refractivity contribution in [3.05, 3.63) is 0 Å². The van der Waals surface area contributed by atoms with Crippen LogP contribution in [0.25, 0.3) is 0 Å². The normalized spacial score (nSPS) is 17.4. The van der Waals surface area contributed by atoms with Gasteiger partial charge in [0.25, 0.3) is 0 Å². The van der Waals surface area contributed by atoms with Gasteiger partial charge in [0, 0.05) is 19.0 Å². The lowest BCUT2D eigenvalue weighted by atomic mass is 10.1. The summed E-state index contributed by atoms with van der Waals surface area (Å²) in [5.74, 6) is -1.17. The summed E-state index contributed by atoms with van der Waals surface area (Å²) in [6.07, 6.45) is 4.68. The van der Waals surface area contributed by atoms with Crippen LogP contribution >= 0.6 is 0 Å². The molecule has 114 valence electrons. The third-order valence-corrected chi connectivity index (χ3v) is 3.43. The predicted molar refractivity (Wildman–Crippen MR) is 74.1 cm³/mol. The molecule has 1 saturated heterocycles. The van der Waals surface area contributed by atoms with Crippen LogP contribution in [0.15, 0.2) is 0 Å². The van der Waals surface area contributed by atoms with Gasteiger partial charge in [-0.1, -0.05) is 19.8 Å². The van der Waals surface area contributed by atoms with E-state index >= 15 is 0 Å². The number of nitrogens with one attached hydrogen (secondary N) is 1. The van der Waals surface area contributed by atoms with Gasteiger partial charge in [0.1, 0.15) is 0 Å². The first-order valence-corrected chi connectivity index (χ1v) is 7.31. The second-order valence-corrected chi connectivity index (χ2v) is 5.28. The summed E-state index contributed by atoms with van der Waals surface area (Å²) >= 11 is 0. The molecule has 6 nitrogen and oxygen atoms in total. The van der Waals surface area contributed by atoms with E-state index in [1.807, 2.05) is 6.92 Å². The molecule has 0 spiro atoms. The number of amides is 2. The maximum Gasteiger partial charge on any atom is 0.305 e. The highest BCUT2D eigenvalue weighted by atomic mass is 16.4. The lowest BCUT2D eigenvalue weighted by molar-refractivity contribution is -0.139. The first-order chi connectivity index (χ1) is 9.52. The van der Waals surface area contributed by atoms with Crippen molar-refractivity contribution in [1.82, 2.24) is 10.2 Å². The van der Waals surface area contributed by atoms with E-state index in [2.05, 4.69) is 5.32 Å². The Morgan fingerprint density at radius 1 is 1.35 bits per heavy atom. The Kier molecular flexibility index (Phi) is 7.04. The highest BCUT2D eigenvalue weighted by molar-refractivity contribution is 5.85. The topological polar surface area (TPSA) is 86.7 Å². The van der Waals surface area contributed by atoms with Crippen molar-refractivity contribution in [2.75, 3.05) is 13.1 Å². The van der Waals surface area contributed by atoms with Crippen LogP contribution in [0.1, 0.15) is 51.9 Å². The standard InChI is InChI=1S/C14H24N2O4/c1-2-6-11(9-14(19)20)15-12(17)10-16-8-5-3-4-7-13(16)18/h11H,2-10H2,1H3,(H,15,17)(H,19,20). The molecule has 1 aliphatic rings. The van der Waals surface area contributed by atoms with Gasteiger partial charge in [-0.2, -0.15) is 0 Å². The molecule has 6 heteroatoms. The highest BCUT2D eigenvalue weighted by Gasteiger charge is 2.21. The summed E-state index contributed by atoms with van der Waals surface area (Å²) in [7, 11) is 0. The van der Waals surface area contributed by atoms with Crippen LogP contribution in [-0.2, 0) is 14.4 Å². The van der Waals surface area contributed by atoms with Crippen LogP contribution in [0, 0.1) is 0 Å². The van der Waals surface area contributed by atoms with Crippen LogP contribution < -0.4 is 5.32 Å². The number of nitrogens with zero attached hydrogens (tertiary/aromatic N) is 1. The Hall–Kier alpha value is -1.59. The first kappa shape index (κ1) is 16.5. The molecule has 1 unspecified atom stereocenters. The van der Waals surface area contributed by atoms with E-state index in [0.717, 1.165) is 25.7 Å². The van der Waals surface area contributed by atoms with E-state index < -0.39 is 5.97 Å². The zero-order valence-corrected chi connectivity index (χ0v) is 12.1. The van der Waals surface area contributed by atoms with Crippen LogP contribution in [0.4, 0.5) is 0 Å². The van der Waals surface area contributed by atoms with Gasteiger partial charge in [-0.05, 0) is 19.3 Å². The van der Waals surface area contributed by atoms with Crippen molar-refractivity contribution in [1.29, 1.82) is 0 Å². The number of hydrogen-bond acceptors (Lipinski definition) is 3. The highest BCUT2D eigenvalue weighted by Crippen LogP contribution is 2.11. The minimum atomic E-state index is -0.922. The Labute approximate surface area is 119 Å². The Bertz CT molecular complexity index is 357. The predicted octanol–water partition coefficient (Wildman–Crippen LogP) is 1.15. The molecule has 0 saturated carbocycles. The van der Waals surface area contributed by atoms with E-state index in [1.165, 1.54) is 0 Å². The molecular formula is C14H24N2O4. The van der Waals surface area contributed by atoms with Crippen LogP contribution in [0.5, 0.6) is 0 Å². The molecule has 1 fully saturated rings. The van der Waals surface area contributed by atoms with Gasteiger partial charge < -0.3 is 15.3 Å². The van der Waals surface area contributed by atoms with Crippen molar-refractivity contribution >= 4 is 17.8 Å². The number of hydrogen-bond donors (Lipinski definition) is 2. The van der Waals surface area contributed by atoms with Crippen molar-refractivity contribution in [2.24, 2.45) is 0 Å². The fraction of sp³-hybridized carbons (Fsp3) is 0.786. The van der Waals surface area contributed by atoms with Crippen LogP contribution in [0.2, 0.25) is 0 Å². The lowest BCUT2D eigenvalue weighted by Gasteiger charge is -2.22. The monoisotopic (exact) mass is 284 g/mol. The van der Waals surface area contributed by atoms with Gasteiger partial charge in [0.2, 0.25) is 11.8 Å². The molecule has 1 aliphatic heterocycles. The van der Waals surface area contributed by atoms with Crippen LogP contribution in [0.3, 0.4) is 0 Å². The Morgan fingerprint density at radius 3 is 2.75 bits per heavy atom. The molecule has 0 radical (unpaired) electrons. The Balaban J connectivity index is 2.46. The second kappa shape index (κ2) is 8.55. The third kappa shape index (κ3) is 6.04. The largest absolute Gasteiger partial charge is 0.481 e. The minimum absolute atomic E-state index is 0.0166. The van der Waals surface area contributed by atoms with E-state index in [-0.39, 0.29) is 30.8 Å². The first-order valence-electron chi connectivity index (χ1n) is 7.31. The lowest BCUT2D eigenvalue weighted by Crippen LogP contribution is -2.44. The molecule has 1 atom stereocenters. The van der Waals surface area contributed by atoms with E-state index in [9.17, 15) is 14.4 Å². The van der Waals surface area contributed by atoms with Gasteiger partial charge >= 0.3 is 5.97 Å². The van der Waals surface area contributed by atoms with Gasteiger partial charge in [-0.15, -0.1) is 0 Å². The van der Waals surface area contributed by atoms with Crippen molar-refractivity contribution in [3.8, 4) is 0 Å². The SMILES string of the molecule is CCCC(CC(=O)O)NC(=O)CN1CCCCCC1=O. The van der Waals surface area contributed by atoms with E-state index in [1.54, 1.807) is 4.90 Å². The maximum absolute atomic E-state index is 11.9. The summed E-state index contributed by atoms with van der Waals surface area (Å²) in [6.45, 7) is 2.60. The maximum atomic E-state index is 11.9. The molecule has 0 aromatic heterocycles. The van der Waals surface area contributed by atoms with E-state index in [0.29, 0.717) is 19.4 Å². The summed E-state index contributed by atoms with van der Waals surface area (Å²) in [6, 6.07) is -0.355. The average molecular weight is 284 g/mol. The summed E-state index contributed by atoms with van der Waals surface area (Å²) < 4.78 is 0. The van der Waals surface area contributed by atoms with Crippen LogP contribution in [-0.4, -0.2) is 46.9 Å². The molecule has 0 aromatic carbocycles. The zero-order chi connectivity index (χ0) is 15.0. The minimum Gasteiger partial charge on any atom is -0.481 e. The Morgan fingerprint density at radius 2 is 2.10 bits per heavy atom. The number of rotatable bonds is 7. The zero-order valence-electron chi connectivity index (χ0n) is 12.1. The van der Waals surface area contributed by atoms with Crippen molar-refractivity contribution in [2.45, 2.75) is 57.9 Å². The summed E-state index contributed by atoms with van der Waals surface area (Å²) in [5, 5.41) is 11.5. The number of carbonyl (C=O) groups excluding carboxylic acids is 2. The molecule has 2 N–H and O–H groups in total. The van der Waals surface area contributed by atoms with Gasteiger partial charge in [-0.3, -0.25) is 14.4 Å². The van der Waals surface area contributed by atoms with E-state index in [4.69, 9.17) is 5.11 Å². The third-order valence-electron chi connectivity index (χ3n) is 3.43. The number of likely N-dealkylation sites (tertiary alicyclic amines) is 1. The molecule has 1 heterocycles. The molecule has 0 aromatic rings. The van der Waals surface area contributed by atoms with Gasteiger partial charge in [-0.25, -0.2) is 0 Å². The van der Waals surface area contributed by atoms with Gasteiger partial charge in [0.15, 0.2) is 0 Å². The smallest absolute Gasteiger partial charge is 0.305 e. The van der Waals surface area contributed by atoms with Gasteiger partial charge in [0.05, 0.1) is 13.0 Å². The average Bonchev–Trinajstić information content (AvgIpc) is 2.54. The molecular weight excluding hydrogens is 260 g/mol. The molecule has 20 heavy (non-hydrogen) atoms. The fourth-order valence-corrected chi connectivity index (χ4v) is 2.44. The molecule has 1 rings (SSSR count). The quantitative estimate of drug-likeness (QED) is 0.734. The fourth-order valence-electron chi connectivity index (χ4n) is 2.44. The van der Waals surface area contributed by atoms with Crippen molar-refractivity contribution < 1.29 is 19.5 Å². The number of aliphatic carboxylic acids is 1. The number of carboxylic acids is 1. The summed E-state index contributed by atoms with van der Waals surface area (Å²) in [4.78, 5) is 36.0. The summed E-state index contributed by atoms with van der Waals surface area (Å²) in [5.41, 5.74) is 0. The number of carboxylic acid groups (broad SMARTS) is 1. The molecule has 0 bridgehead atoms. The second-order valence-electron chi connectivity index (χ2n) is 5.28. The molecule has 2 amide bonds. The number of carbonyl (C=O) groups is 3. The van der Waals surface area contributed by atoms with Crippen molar-refractivity contribution in [3.63, 3.8) is 0 Å². The molecule has 0 aliphatic carbocycles.